The average Bonchev–Trinajstić information content (AvgIpc) is 3.11. The van der Waals surface area contributed by atoms with Crippen LogP contribution >= 0.6 is 12.2 Å². The minimum absolute atomic E-state index is 0.333. The average molecular weight is 384 g/mol. The zero-order valence-corrected chi connectivity index (χ0v) is 15.9. The minimum atomic E-state index is 0.333. The van der Waals surface area contributed by atoms with Gasteiger partial charge in [0.25, 0.3) is 0 Å². The molecule has 0 aliphatic heterocycles. The van der Waals surface area contributed by atoms with E-state index in [1.807, 2.05) is 49.4 Å². The van der Waals surface area contributed by atoms with E-state index in [4.69, 9.17) is 26.4 Å². The fraction of sp³-hybridized carbons (Fsp3) is 0.211. The fourth-order valence-corrected chi connectivity index (χ4v) is 2.59. The normalized spacial score (nSPS) is 10.9. The molecule has 0 atom stereocenters. The molecule has 7 nitrogen and oxygen atoms in total. The molecule has 0 aliphatic rings. The molecular weight excluding hydrogens is 364 g/mol. The zero-order chi connectivity index (χ0) is 19.1. The van der Waals surface area contributed by atoms with Crippen molar-refractivity contribution in [2.24, 2.45) is 5.10 Å². The van der Waals surface area contributed by atoms with Crippen LogP contribution in [-0.2, 0) is 6.61 Å². The predicted molar refractivity (Wildman–Crippen MR) is 105 cm³/mol. The van der Waals surface area contributed by atoms with Crippen LogP contribution < -0.4 is 14.2 Å². The predicted octanol–water partition coefficient (Wildman–Crippen LogP) is 3.81. The number of nitrogens with zero attached hydrogens (tertiary/aromatic N) is 3. The number of benzene rings is 2. The molecule has 8 heteroatoms. The van der Waals surface area contributed by atoms with Crippen molar-refractivity contribution in [3.05, 3.63) is 64.7 Å². The number of aromatic nitrogens is 3. The summed E-state index contributed by atoms with van der Waals surface area (Å²) in [6.45, 7) is 2.85. The zero-order valence-electron chi connectivity index (χ0n) is 15.1. The Kier molecular flexibility index (Phi) is 6.22. The van der Waals surface area contributed by atoms with Gasteiger partial charge in [0, 0.05) is 5.56 Å². The van der Waals surface area contributed by atoms with Gasteiger partial charge in [-0.1, -0.05) is 12.1 Å². The van der Waals surface area contributed by atoms with E-state index >= 15 is 0 Å². The van der Waals surface area contributed by atoms with Crippen LogP contribution in [0.1, 0.15) is 18.1 Å². The van der Waals surface area contributed by atoms with E-state index in [1.54, 1.807) is 13.3 Å². The second kappa shape index (κ2) is 9.00. The van der Waals surface area contributed by atoms with Crippen molar-refractivity contribution in [3.8, 4) is 17.2 Å². The van der Waals surface area contributed by atoms with Crippen LogP contribution in [0.4, 0.5) is 0 Å². The van der Waals surface area contributed by atoms with Crippen molar-refractivity contribution in [1.29, 1.82) is 0 Å². The minimum Gasteiger partial charge on any atom is -0.496 e. The molecule has 0 radical (unpaired) electrons. The van der Waals surface area contributed by atoms with Crippen molar-refractivity contribution in [3.63, 3.8) is 0 Å². The molecule has 2 aromatic carbocycles. The van der Waals surface area contributed by atoms with Gasteiger partial charge in [-0.3, -0.25) is 5.10 Å². The van der Waals surface area contributed by atoms with E-state index < -0.39 is 0 Å². The van der Waals surface area contributed by atoms with Gasteiger partial charge in [-0.05, 0) is 55.0 Å². The number of H-pyrrole nitrogens is 1. The lowest BCUT2D eigenvalue weighted by atomic mass is 10.1. The molecule has 0 saturated carbocycles. The van der Waals surface area contributed by atoms with Gasteiger partial charge < -0.3 is 14.2 Å². The summed E-state index contributed by atoms with van der Waals surface area (Å²) in [5.41, 5.74) is 1.78. The lowest BCUT2D eigenvalue weighted by Crippen LogP contribution is -2.02. The lowest BCUT2D eigenvalue weighted by molar-refractivity contribution is 0.265. The van der Waals surface area contributed by atoms with E-state index in [2.05, 4.69) is 15.3 Å². The molecular formula is C19H20N4O3S. The molecule has 0 bridgehead atoms. The summed E-state index contributed by atoms with van der Waals surface area (Å²) in [4.78, 5) is 0. The number of rotatable bonds is 8. The van der Waals surface area contributed by atoms with Crippen molar-refractivity contribution < 1.29 is 14.2 Å². The van der Waals surface area contributed by atoms with Crippen LogP contribution in [0.15, 0.2) is 53.9 Å². The number of ether oxygens (including phenoxy) is 3. The third kappa shape index (κ3) is 4.73. The van der Waals surface area contributed by atoms with Crippen LogP contribution in [-0.4, -0.2) is 34.8 Å². The molecule has 27 heavy (non-hydrogen) atoms. The van der Waals surface area contributed by atoms with Crippen LogP contribution in [0.5, 0.6) is 17.2 Å². The SMILES string of the molecule is CCOc1ccccc1OCc1cc(/C=N/n2cn[nH]c2=S)ccc1OC. The maximum Gasteiger partial charge on any atom is 0.216 e. The van der Waals surface area contributed by atoms with Crippen molar-refractivity contribution in [1.82, 2.24) is 14.9 Å². The van der Waals surface area contributed by atoms with E-state index in [1.165, 1.54) is 11.0 Å². The summed E-state index contributed by atoms with van der Waals surface area (Å²) in [6, 6.07) is 13.3. The molecule has 0 aliphatic carbocycles. The Morgan fingerprint density at radius 2 is 1.93 bits per heavy atom. The number of hydrogen-bond acceptors (Lipinski definition) is 6. The molecule has 1 heterocycles. The van der Waals surface area contributed by atoms with Crippen molar-refractivity contribution in [2.75, 3.05) is 13.7 Å². The first kappa shape index (κ1) is 18.7. The van der Waals surface area contributed by atoms with Crippen LogP contribution in [0.25, 0.3) is 0 Å². The Hall–Kier alpha value is -3.13. The topological polar surface area (TPSA) is 73.7 Å². The highest BCUT2D eigenvalue weighted by Gasteiger charge is 2.08. The summed E-state index contributed by atoms with van der Waals surface area (Å²) in [6.07, 6.45) is 3.21. The number of hydrogen-bond donors (Lipinski definition) is 1. The maximum atomic E-state index is 5.96. The Morgan fingerprint density at radius 1 is 1.15 bits per heavy atom. The maximum absolute atomic E-state index is 5.96. The Bertz CT molecular complexity index is 981. The number of nitrogens with one attached hydrogen (secondary N) is 1. The summed E-state index contributed by atoms with van der Waals surface area (Å²) in [5.74, 6) is 2.14. The van der Waals surface area contributed by atoms with Crippen molar-refractivity contribution in [2.45, 2.75) is 13.5 Å². The number of aromatic amines is 1. The highest BCUT2D eigenvalue weighted by molar-refractivity contribution is 7.71. The molecule has 1 N–H and O–H groups in total. The molecule has 0 fully saturated rings. The smallest absolute Gasteiger partial charge is 0.216 e. The second-order valence-electron chi connectivity index (χ2n) is 5.49. The highest BCUT2D eigenvalue weighted by Crippen LogP contribution is 2.28. The summed E-state index contributed by atoms with van der Waals surface area (Å²) >= 11 is 5.07. The molecule has 0 saturated heterocycles. The second-order valence-corrected chi connectivity index (χ2v) is 5.88. The first-order valence-electron chi connectivity index (χ1n) is 8.39. The molecule has 3 rings (SSSR count). The third-order valence-electron chi connectivity index (χ3n) is 3.70. The van der Waals surface area contributed by atoms with Gasteiger partial charge in [0.05, 0.1) is 19.9 Å². The quantitative estimate of drug-likeness (QED) is 0.472. The Labute approximate surface area is 162 Å². The lowest BCUT2D eigenvalue weighted by Gasteiger charge is -2.14. The van der Waals surface area contributed by atoms with E-state index in [9.17, 15) is 0 Å². The monoisotopic (exact) mass is 384 g/mol. The summed E-state index contributed by atoms with van der Waals surface area (Å²) in [7, 11) is 1.63. The van der Waals surface area contributed by atoms with Gasteiger partial charge in [-0.15, -0.1) is 0 Å². The van der Waals surface area contributed by atoms with Gasteiger partial charge in [-0.25, -0.2) is 0 Å². The van der Waals surface area contributed by atoms with Gasteiger partial charge in [0.2, 0.25) is 4.77 Å². The standard InChI is InChI=1S/C19H20N4O3S/c1-3-25-17-6-4-5-7-18(17)26-12-15-10-14(8-9-16(15)24-2)11-21-23-13-20-22-19(23)27/h4-11,13H,3,12H2,1-2H3,(H,22,27)/b21-11+. The molecule has 1 aromatic heterocycles. The summed E-state index contributed by atoms with van der Waals surface area (Å²) < 4.78 is 18.9. The Morgan fingerprint density at radius 3 is 2.59 bits per heavy atom. The molecule has 140 valence electrons. The first-order valence-corrected chi connectivity index (χ1v) is 8.80. The van der Waals surface area contributed by atoms with Gasteiger partial charge in [0.15, 0.2) is 11.5 Å². The van der Waals surface area contributed by atoms with Crippen LogP contribution in [0.2, 0.25) is 0 Å². The Balaban J connectivity index is 1.79. The van der Waals surface area contributed by atoms with E-state index in [-0.39, 0.29) is 0 Å². The number of methoxy groups -OCH3 is 1. The van der Waals surface area contributed by atoms with Crippen molar-refractivity contribution >= 4 is 18.4 Å². The highest BCUT2D eigenvalue weighted by atomic mass is 32.1. The largest absolute Gasteiger partial charge is 0.496 e. The third-order valence-corrected chi connectivity index (χ3v) is 3.98. The molecule has 3 aromatic rings. The molecule has 0 unspecified atom stereocenters. The van der Waals surface area contributed by atoms with Gasteiger partial charge in [-0.2, -0.15) is 14.9 Å². The molecule has 0 spiro atoms. The summed E-state index contributed by atoms with van der Waals surface area (Å²) in [5, 5.41) is 10.8. The van der Waals surface area contributed by atoms with E-state index in [0.717, 1.165) is 16.9 Å². The first-order chi connectivity index (χ1) is 13.2. The van der Waals surface area contributed by atoms with Crippen LogP contribution in [0, 0.1) is 4.77 Å². The molecule has 0 amide bonds. The van der Waals surface area contributed by atoms with Crippen LogP contribution in [0.3, 0.4) is 0 Å². The van der Waals surface area contributed by atoms with Gasteiger partial charge >= 0.3 is 0 Å². The number of para-hydroxylation sites is 2. The van der Waals surface area contributed by atoms with E-state index in [0.29, 0.717) is 29.5 Å². The fourth-order valence-electron chi connectivity index (χ4n) is 2.44. The van der Waals surface area contributed by atoms with Gasteiger partial charge in [0.1, 0.15) is 18.7 Å².